The molecule has 0 aliphatic heterocycles. The number of rotatable bonds is 5. The average molecular weight is 710 g/mol. The van der Waals surface area contributed by atoms with Crippen LogP contribution >= 0.6 is 11.3 Å². The van der Waals surface area contributed by atoms with Crippen LogP contribution in [0.25, 0.3) is 104 Å². The van der Waals surface area contributed by atoms with Crippen molar-refractivity contribution in [3.8, 4) is 56.4 Å². The molecule has 3 aromatic heterocycles. The molecule has 3 heterocycles. The lowest BCUT2D eigenvalue weighted by atomic mass is 9.95. The van der Waals surface area contributed by atoms with Crippen LogP contribution in [0.1, 0.15) is 17.7 Å². The monoisotopic (exact) mass is 709 g/mol. The third kappa shape index (κ3) is 5.16. The second-order valence-corrected chi connectivity index (χ2v) is 14.9. The number of allylic oxidation sites excluding steroid dienone is 1. The first kappa shape index (κ1) is 30.9. The zero-order valence-corrected chi connectivity index (χ0v) is 30.0. The molecule has 0 atom stereocenters. The molecule has 1 aliphatic rings. The SMILES string of the molecule is C1=Cc2c(oc3cc(-c4ccccc4)cc(-c4nc(-c5ccc(-c6ccc7ccccc7c6)cc5)nc(-c5cccc6c5sc5ccccc56)n4)c23)CC1. The summed E-state index contributed by atoms with van der Waals surface area (Å²) in [4.78, 5) is 15.9. The summed E-state index contributed by atoms with van der Waals surface area (Å²) >= 11 is 1.78. The number of fused-ring (bicyclic) bond motifs is 7. The molecular formula is C49H31N3OS. The van der Waals surface area contributed by atoms with Crippen LogP contribution in [0.2, 0.25) is 0 Å². The van der Waals surface area contributed by atoms with E-state index in [1.165, 1.54) is 36.5 Å². The number of aromatic nitrogens is 3. The van der Waals surface area contributed by atoms with E-state index in [2.05, 4.69) is 158 Å². The maximum Gasteiger partial charge on any atom is 0.165 e. The van der Waals surface area contributed by atoms with Gasteiger partial charge in [0.2, 0.25) is 0 Å². The Morgan fingerprint density at radius 2 is 1.20 bits per heavy atom. The van der Waals surface area contributed by atoms with Gasteiger partial charge in [0.25, 0.3) is 0 Å². The van der Waals surface area contributed by atoms with E-state index >= 15 is 0 Å². The molecule has 0 N–H and O–H groups in total. The van der Waals surface area contributed by atoms with Crippen LogP contribution in [0.4, 0.5) is 0 Å². The molecular weight excluding hydrogens is 679 g/mol. The highest BCUT2D eigenvalue weighted by molar-refractivity contribution is 7.26. The van der Waals surface area contributed by atoms with Crippen LogP contribution in [0.15, 0.2) is 162 Å². The van der Waals surface area contributed by atoms with Crippen LogP contribution in [0.3, 0.4) is 0 Å². The summed E-state index contributed by atoms with van der Waals surface area (Å²) in [6.07, 6.45) is 6.26. The standard InChI is InChI=1S/C49H31N3OS/c1-2-11-30(12-3-1)36-28-41(45-39-16-6-8-19-42(39)53-43(45)29-36)49-51-47(33-24-21-32(22-25-33)35-26-23-31-13-4-5-14-34(31)27-35)50-48(52-49)40-18-10-17-38-37-15-7-9-20-44(37)54-46(38)40/h1-7,9-18,20-29H,8,19H2. The van der Waals surface area contributed by atoms with Gasteiger partial charge in [-0.25, -0.2) is 15.0 Å². The van der Waals surface area contributed by atoms with Crippen LogP contribution in [0, 0.1) is 0 Å². The molecule has 0 unspecified atom stereocenters. The predicted molar refractivity (Wildman–Crippen MR) is 225 cm³/mol. The molecule has 0 fully saturated rings. The van der Waals surface area contributed by atoms with Gasteiger partial charge in [-0.3, -0.25) is 0 Å². The molecule has 4 nitrogen and oxygen atoms in total. The number of hydrogen-bond acceptors (Lipinski definition) is 5. The average Bonchev–Trinajstić information content (AvgIpc) is 3.82. The summed E-state index contributed by atoms with van der Waals surface area (Å²) in [5.41, 5.74) is 9.30. The Kier molecular flexibility index (Phi) is 7.13. The summed E-state index contributed by atoms with van der Waals surface area (Å²) in [6.45, 7) is 0. The zero-order valence-electron chi connectivity index (χ0n) is 29.2. The number of thiophene rings is 1. The summed E-state index contributed by atoms with van der Waals surface area (Å²) in [5, 5.41) is 5.94. The van der Waals surface area contributed by atoms with E-state index in [9.17, 15) is 0 Å². The lowest BCUT2D eigenvalue weighted by Gasteiger charge is -2.12. The Morgan fingerprint density at radius 3 is 2.09 bits per heavy atom. The van der Waals surface area contributed by atoms with Crippen molar-refractivity contribution in [2.75, 3.05) is 0 Å². The minimum absolute atomic E-state index is 0.622. The molecule has 0 saturated carbocycles. The smallest absolute Gasteiger partial charge is 0.165 e. The van der Waals surface area contributed by atoms with E-state index in [0.717, 1.165) is 68.5 Å². The molecule has 54 heavy (non-hydrogen) atoms. The van der Waals surface area contributed by atoms with Gasteiger partial charge in [0.1, 0.15) is 11.3 Å². The molecule has 0 saturated heterocycles. The Bertz CT molecular complexity index is 3100. The van der Waals surface area contributed by atoms with Crippen molar-refractivity contribution in [1.29, 1.82) is 0 Å². The topological polar surface area (TPSA) is 51.8 Å². The van der Waals surface area contributed by atoms with Gasteiger partial charge in [-0.15, -0.1) is 11.3 Å². The van der Waals surface area contributed by atoms with Gasteiger partial charge < -0.3 is 4.42 Å². The van der Waals surface area contributed by atoms with E-state index in [4.69, 9.17) is 19.4 Å². The first-order valence-electron chi connectivity index (χ1n) is 18.3. The predicted octanol–water partition coefficient (Wildman–Crippen LogP) is 13.4. The lowest BCUT2D eigenvalue weighted by Crippen LogP contribution is -2.01. The normalized spacial score (nSPS) is 12.6. The Morgan fingerprint density at radius 1 is 0.500 bits per heavy atom. The maximum absolute atomic E-state index is 6.60. The molecule has 0 bridgehead atoms. The highest BCUT2D eigenvalue weighted by atomic mass is 32.1. The summed E-state index contributed by atoms with van der Waals surface area (Å²) in [6, 6.07) is 53.6. The van der Waals surface area contributed by atoms with Crippen LogP contribution in [0.5, 0.6) is 0 Å². The second kappa shape index (κ2) is 12.5. The zero-order chi connectivity index (χ0) is 35.6. The first-order valence-corrected chi connectivity index (χ1v) is 19.1. The molecule has 1 aliphatic carbocycles. The highest BCUT2D eigenvalue weighted by Gasteiger charge is 2.23. The van der Waals surface area contributed by atoms with Crippen molar-refractivity contribution >= 4 is 59.3 Å². The Hall–Kier alpha value is -6.69. The van der Waals surface area contributed by atoms with E-state index in [1.807, 2.05) is 6.07 Å². The Labute approximate surface area is 315 Å². The van der Waals surface area contributed by atoms with Gasteiger partial charge in [-0.2, -0.15) is 0 Å². The van der Waals surface area contributed by atoms with Gasteiger partial charge in [-0.05, 0) is 69.8 Å². The maximum atomic E-state index is 6.60. The fourth-order valence-electron chi connectivity index (χ4n) is 7.90. The molecule has 0 amide bonds. The van der Waals surface area contributed by atoms with Gasteiger partial charge in [0.05, 0.1) is 0 Å². The number of benzene rings is 7. The van der Waals surface area contributed by atoms with Crippen molar-refractivity contribution in [2.45, 2.75) is 12.8 Å². The lowest BCUT2D eigenvalue weighted by molar-refractivity contribution is 0.546. The summed E-state index contributed by atoms with van der Waals surface area (Å²) in [7, 11) is 0. The molecule has 254 valence electrons. The van der Waals surface area contributed by atoms with E-state index in [1.54, 1.807) is 11.3 Å². The van der Waals surface area contributed by atoms with Gasteiger partial charge in [0.15, 0.2) is 17.5 Å². The summed E-state index contributed by atoms with van der Waals surface area (Å²) in [5.74, 6) is 2.91. The highest BCUT2D eigenvalue weighted by Crippen LogP contribution is 2.43. The fraction of sp³-hybridized carbons (Fsp3) is 0.0408. The minimum atomic E-state index is 0.622. The van der Waals surface area contributed by atoms with Gasteiger partial charge in [-0.1, -0.05) is 133 Å². The molecule has 0 radical (unpaired) electrons. The van der Waals surface area contributed by atoms with Crippen molar-refractivity contribution < 1.29 is 4.42 Å². The Balaban J connectivity index is 1.14. The quantitative estimate of drug-likeness (QED) is 0.178. The first-order chi connectivity index (χ1) is 26.7. The fourth-order valence-corrected chi connectivity index (χ4v) is 9.11. The molecule has 11 rings (SSSR count). The molecule has 5 heteroatoms. The molecule has 7 aromatic carbocycles. The second-order valence-electron chi connectivity index (χ2n) is 13.9. The van der Waals surface area contributed by atoms with Gasteiger partial charge in [0, 0.05) is 54.2 Å². The van der Waals surface area contributed by atoms with Crippen LogP contribution < -0.4 is 0 Å². The number of hydrogen-bond donors (Lipinski definition) is 0. The van der Waals surface area contributed by atoms with E-state index in [-0.39, 0.29) is 0 Å². The third-order valence-corrected chi connectivity index (χ3v) is 11.8. The van der Waals surface area contributed by atoms with E-state index in [0.29, 0.717) is 17.5 Å². The van der Waals surface area contributed by atoms with Crippen molar-refractivity contribution in [1.82, 2.24) is 15.0 Å². The number of nitrogens with zero attached hydrogens (tertiary/aromatic N) is 3. The van der Waals surface area contributed by atoms with E-state index < -0.39 is 0 Å². The minimum Gasteiger partial charge on any atom is -0.460 e. The van der Waals surface area contributed by atoms with Crippen molar-refractivity contribution in [2.24, 2.45) is 0 Å². The summed E-state index contributed by atoms with van der Waals surface area (Å²) < 4.78 is 9.01. The van der Waals surface area contributed by atoms with Crippen molar-refractivity contribution in [3.05, 3.63) is 169 Å². The largest absolute Gasteiger partial charge is 0.460 e. The number of furan rings is 1. The van der Waals surface area contributed by atoms with Crippen molar-refractivity contribution in [3.63, 3.8) is 0 Å². The van der Waals surface area contributed by atoms with Crippen LogP contribution in [-0.2, 0) is 6.42 Å². The molecule has 0 spiro atoms. The number of aryl methyl sites for hydroxylation is 1. The third-order valence-electron chi connectivity index (χ3n) is 10.6. The van der Waals surface area contributed by atoms with Gasteiger partial charge >= 0.3 is 0 Å². The van der Waals surface area contributed by atoms with Crippen LogP contribution in [-0.4, -0.2) is 15.0 Å². The molecule has 10 aromatic rings.